The number of carbonyl (C=O) groups is 4. The first kappa shape index (κ1) is 23.5. The van der Waals surface area contributed by atoms with Gasteiger partial charge in [-0.15, -0.1) is 0 Å². The second-order valence-corrected chi connectivity index (χ2v) is 8.08. The number of carbonyl (C=O) groups excluding carboxylic acids is 4. The molecule has 0 aliphatic carbocycles. The third-order valence-corrected chi connectivity index (χ3v) is 5.45. The zero-order valence-electron chi connectivity index (χ0n) is 17.6. The van der Waals surface area contributed by atoms with Crippen LogP contribution in [0.15, 0.2) is 82.8 Å². The number of ether oxygens (including phenoxy) is 1. The first-order valence-corrected chi connectivity index (χ1v) is 10.8. The van der Waals surface area contributed by atoms with Crippen molar-refractivity contribution in [2.45, 2.75) is 0 Å². The summed E-state index contributed by atoms with van der Waals surface area (Å²) < 4.78 is 6.15. The fourth-order valence-corrected chi connectivity index (χ4v) is 3.47. The Kier molecular flexibility index (Phi) is 6.51. The maximum atomic E-state index is 13.1. The molecule has 4 amide bonds. The predicted octanol–water partition coefficient (Wildman–Crippen LogP) is 4.24. The smallest absolute Gasteiger partial charge is 0.343 e. The lowest BCUT2D eigenvalue weighted by molar-refractivity contribution is -0.384. The zero-order chi connectivity index (χ0) is 25.1. The third kappa shape index (κ3) is 4.99. The Balaban J connectivity index is 1.64. The largest absolute Gasteiger partial charge is 0.422 e. The molecule has 0 unspecified atom stereocenters. The summed E-state index contributed by atoms with van der Waals surface area (Å²) in [6.07, 6.45) is 1.22. The average Bonchev–Trinajstić information content (AvgIpc) is 2.83. The standard InChI is InChI=1S/C24H14BrN3O7/c25-16-7-11-17(12-8-16)27-22(30)19(21(29)26-24(27)32)13-15-3-1-2-4-20(15)35-23(31)14-5-9-18(10-6-14)28(33)34/h1-13H,(H,26,29,32)/b19-13-. The quantitative estimate of drug-likeness (QED) is 0.129. The third-order valence-electron chi connectivity index (χ3n) is 4.92. The number of amides is 4. The van der Waals surface area contributed by atoms with E-state index in [1.807, 2.05) is 0 Å². The molecule has 1 aliphatic rings. The van der Waals surface area contributed by atoms with Crippen molar-refractivity contribution in [3.8, 4) is 5.75 Å². The van der Waals surface area contributed by atoms with Crippen LogP contribution in [0.25, 0.3) is 6.08 Å². The SMILES string of the molecule is O=C1NC(=O)N(c2ccc(Br)cc2)C(=O)/C1=C\c1ccccc1OC(=O)c1ccc([N+](=O)[O-])cc1. The number of benzene rings is 3. The molecule has 0 radical (unpaired) electrons. The van der Waals surface area contributed by atoms with Crippen LogP contribution < -0.4 is 15.0 Å². The van der Waals surface area contributed by atoms with Crippen molar-refractivity contribution in [3.63, 3.8) is 0 Å². The van der Waals surface area contributed by atoms with Crippen molar-refractivity contribution < 1.29 is 28.8 Å². The summed E-state index contributed by atoms with van der Waals surface area (Å²) in [5.74, 6) is -2.50. The van der Waals surface area contributed by atoms with Gasteiger partial charge in [-0.3, -0.25) is 25.0 Å². The van der Waals surface area contributed by atoms with E-state index in [1.54, 1.807) is 24.3 Å². The number of nitrogens with one attached hydrogen (secondary N) is 1. The fraction of sp³-hybridized carbons (Fsp3) is 0. The number of anilines is 1. The van der Waals surface area contributed by atoms with E-state index in [4.69, 9.17) is 4.74 Å². The van der Waals surface area contributed by atoms with E-state index in [-0.39, 0.29) is 33.8 Å². The van der Waals surface area contributed by atoms with Gasteiger partial charge in [0.15, 0.2) is 0 Å². The maximum Gasteiger partial charge on any atom is 0.343 e. The number of halogens is 1. The Labute approximate surface area is 206 Å². The average molecular weight is 536 g/mol. The Bertz CT molecular complexity index is 1400. The van der Waals surface area contributed by atoms with Crippen LogP contribution in [0.4, 0.5) is 16.2 Å². The van der Waals surface area contributed by atoms with Crippen LogP contribution in [0.2, 0.25) is 0 Å². The number of nitrogens with zero attached hydrogens (tertiary/aromatic N) is 2. The van der Waals surface area contributed by atoms with Gasteiger partial charge in [0.25, 0.3) is 17.5 Å². The minimum atomic E-state index is -0.898. The molecule has 0 spiro atoms. The number of nitro benzene ring substituents is 1. The van der Waals surface area contributed by atoms with Gasteiger partial charge in [0.1, 0.15) is 11.3 Å². The molecule has 3 aromatic carbocycles. The number of esters is 1. The van der Waals surface area contributed by atoms with Crippen LogP contribution in [0.5, 0.6) is 5.75 Å². The van der Waals surface area contributed by atoms with Gasteiger partial charge < -0.3 is 4.74 Å². The van der Waals surface area contributed by atoms with Crippen molar-refractivity contribution in [2.24, 2.45) is 0 Å². The Hall–Kier alpha value is -4.64. The van der Waals surface area contributed by atoms with E-state index in [2.05, 4.69) is 21.2 Å². The van der Waals surface area contributed by atoms with Crippen LogP contribution in [0.3, 0.4) is 0 Å². The summed E-state index contributed by atoms with van der Waals surface area (Å²) in [5, 5.41) is 12.9. The number of para-hydroxylation sites is 1. The summed E-state index contributed by atoms with van der Waals surface area (Å²) in [7, 11) is 0. The summed E-state index contributed by atoms with van der Waals surface area (Å²) in [6.45, 7) is 0. The molecule has 0 aromatic heterocycles. The molecule has 11 heteroatoms. The molecule has 1 aliphatic heterocycles. The predicted molar refractivity (Wildman–Crippen MR) is 128 cm³/mol. The van der Waals surface area contributed by atoms with Crippen molar-refractivity contribution in [2.75, 3.05) is 4.90 Å². The molecule has 1 saturated heterocycles. The van der Waals surface area contributed by atoms with Crippen molar-refractivity contribution in [3.05, 3.63) is 104 Å². The topological polar surface area (TPSA) is 136 Å². The maximum absolute atomic E-state index is 13.1. The summed E-state index contributed by atoms with van der Waals surface area (Å²) in [6, 6.07) is 16.5. The summed E-state index contributed by atoms with van der Waals surface area (Å²) >= 11 is 3.28. The molecule has 0 saturated carbocycles. The fourth-order valence-electron chi connectivity index (χ4n) is 3.21. The van der Waals surface area contributed by atoms with Gasteiger partial charge in [-0.2, -0.15) is 0 Å². The van der Waals surface area contributed by atoms with Crippen LogP contribution >= 0.6 is 15.9 Å². The van der Waals surface area contributed by atoms with Crippen LogP contribution in [-0.4, -0.2) is 28.7 Å². The molecule has 35 heavy (non-hydrogen) atoms. The van der Waals surface area contributed by atoms with E-state index in [9.17, 15) is 29.3 Å². The van der Waals surface area contributed by atoms with Gasteiger partial charge in [-0.1, -0.05) is 34.1 Å². The summed E-state index contributed by atoms with van der Waals surface area (Å²) in [4.78, 5) is 61.5. The highest BCUT2D eigenvalue weighted by Crippen LogP contribution is 2.27. The van der Waals surface area contributed by atoms with E-state index < -0.39 is 28.7 Å². The second kappa shape index (κ2) is 9.69. The Morgan fingerprint density at radius 2 is 1.63 bits per heavy atom. The van der Waals surface area contributed by atoms with Gasteiger partial charge in [0, 0.05) is 22.2 Å². The summed E-state index contributed by atoms with van der Waals surface area (Å²) in [5.41, 5.74) is 0.0274. The van der Waals surface area contributed by atoms with Gasteiger partial charge in [-0.25, -0.2) is 14.5 Å². The molecule has 10 nitrogen and oxygen atoms in total. The minimum absolute atomic E-state index is 0.0380. The number of barbiturate groups is 1. The molecular formula is C24H14BrN3O7. The number of nitro groups is 1. The molecule has 3 aromatic rings. The van der Waals surface area contributed by atoms with Gasteiger partial charge in [0.05, 0.1) is 16.2 Å². The molecule has 1 N–H and O–H groups in total. The Morgan fingerprint density at radius 3 is 2.29 bits per heavy atom. The van der Waals surface area contributed by atoms with Crippen LogP contribution in [-0.2, 0) is 9.59 Å². The van der Waals surface area contributed by atoms with Crippen LogP contribution in [0.1, 0.15) is 15.9 Å². The molecule has 1 fully saturated rings. The normalized spacial score (nSPS) is 14.6. The zero-order valence-corrected chi connectivity index (χ0v) is 19.2. The monoisotopic (exact) mass is 535 g/mol. The van der Waals surface area contributed by atoms with E-state index in [0.717, 1.165) is 9.37 Å². The number of hydrogen-bond acceptors (Lipinski definition) is 7. The molecule has 4 rings (SSSR count). The van der Waals surface area contributed by atoms with Crippen molar-refractivity contribution in [1.29, 1.82) is 0 Å². The highest BCUT2D eigenvalue weighted by molar-refractivity contribution is 9.10. The van der Waals surface area contributed by atoms with Gasteiger partial charge >= 0.3 is 12.0 Å². The lowest BCUT2D eigenvalue weighted by Crippen LogP contribution is -2.54. The van der Waals surface area contributed by atoms with E-state index in [0.29, 0.717) is 0 Å². The molecule has 0 atom stereocenters. The van der Waals surface area contributed by atoms with Gasteiger partial charge in [-0.05, 0) is 48.5 Å². The van der Waals surface area contributed by atoms with Crippen molar-refractivity contribution >= 4 is 57.2 Å². The Morgan fingerprint density at radius 1 is 0.971 bits per heavy atom. The minimum Gasteiger partial charge on any atom is -0.422 e. The van der Waals surface area contributed by atoms with Gasteiger partial charge in [0.2, 0.25) is 0 Å². The molecule has 0 bridgehead atoms. The molecule has 1 heterocycles. The van der Waals surface area contributed by atoms with Crippen LogP contribution in [0, 0.1) is 10.1 Å². The first-order valence-electron chi connectivity index (χ1n) is 9.97. The lowest BCUT2D eigenvalue weighted by Gasteiger charge is -2.26. The van der Waals surface area contributed by atoms with E-state index >= 15 is 0 Å². The number of hydrogen-bond donors (Lipinski definition) is 1. The lowest BCUT2D eigenvalue weighted by atomic mass is 10.1. The number of urea groups is 1. The second-order valence-electron chi connectivity index (χ2n) is 7.17. The number of non-ortho nitro benzene ring substituents is 1. The first-order chi connectivity index (χ1) is 16.7. The number of imide groups is 2. The van der Waals surface area contributed by atoms with Crippen molar-refractivity contribution in [1.82, 2.24) is 5.32 Å². The highest BCUT2D eigenvalue weighted by Gasteiger charge is 2.37. The highest BCUT2D eigenvalue weighted by atomic mass is 79.9. The number of rotatable bonds is 5. The van der Waals surface area contributed by atoms with E-state index in [1.165, 1.54) is 54.6 Å². The molecule has 174 valence electrons. The molecular weight excluding hydrogens is 522 g/mol.